The number of hydrogen-bond donors (Lipinski definition) is 1. The Morgan fingerprint density at radius 3 is 2.82 bits per heavy atom. The van der Waals surface area contributed by atoms with Gasteiger partial charge in [-0.1, -0.05) is 18.2 Å². The Morgan fingerprint density at radius 2 is 1.95 bits per heavy atom. The van der Waals surface area contributed by atoms with Crippen LogP contribution in [0.15, 0.2) is 36.5 Å². The molecule has 1 aliphatic heterocycles. The summed E-state index contributed by atoms with van der Waals surface area (Å²) in [4.78, 5) is 0. The van der Waals surface area contributed by atoms with Crippen molar-refractivity contribution in [2.45, 2.75) is 13.0 Å². The highest BCUT2D eigenvalue weighted by molar-refractivity contribution is 5.59. The Balaban J connectivity index is 1.78. The lowest BCUT2D eigenvalue weighted by Crippen LogP contribution is -2.06. The Hall–Kier alpha value is -2.67. The predicted octanol–water partition coefficient (Wildman–Crippen LogP) is 1.41. The van der Waals surface area contributed by atoms with E-state index in [0.29, 0.717) is 37.7 Å². The van der Waals surface area contributed by atoms with E-state index >= 15 is 0 Å². The highest BCUT2D eigenvalue weighted by atomic mass is 16.5. The predicted molar refractivity (Wildman–Crippen MR) is 78.8 cm³/mol. The number of hydrogen-bond acceptors (Lipinski definition) is 5. The van der Waals surface area contributed by atoms with Gasteiger partial charge in [0.2, 0.25) is 0 Å². The van der Waals surface area contributed by atoms with Crippen LogP contribution in [0.2, 0.25) is 0 Å². The highest BCUT2D eigenvalue weighted by Gasteiger charge is 2.21. The summed E-state index contributed by atoms with van der Waals surface area (Å²) in [7, 11) is 0. The van der Waals surface area contributed by atoms with Crippen LogP contribution in [0.3, 0.4) is 0 Å². The van der Waals surface area contributed by atoms with Crippen LogP contribution in [0.5, 0.6) is 5.75 Å². The molecule has 0 unspecified atom stereocenters. The third kappa shape index (κ3) is 2.15. The van der Waals surface area contributed by atoms with Gasteiger partial charge < -0.3 is 14.4 Å². The summed E-state index contributed by atoms with van der Waals surface area (Å²) >= 11 is 0. The maximum atomic E-state index is 10.2. The summed E-state index contributed by atoms with van der Waals surface area (Å²) < 4.78 is 9.06. The molecule has 4 rings (SSSR count). The summed E-state index contributed by atoms with van der Waals surface area (Å²) in [5.41, 5.74) is 1.31. The number of para-hydroxylation sites is 1. The molecule has 7 heteroatoms. The fraction of sp³-hybridized carbons (Fsp3) is 0.267. The van der Waals surface area contributed by atoms with Crippen molar-refractivity contribution in [2.24, 2.45) is 0 Å². The van der Waals surface area contributed by atoms with Crippen molar-refractivity contribution >= 4 is 0 Å². The minimum absolute atomic E-state index is 0.0872. The van der Waals surface area contributed by atoms with Crippen LogP contribution in [0.25, 0.3) is 17.2 Å². The number of benzene rings is 1. The summed E-state index contributed by atoms with van der Waals surface area (Å²) in [5.74, 6) is 1.53. The molecule has 0 radical (unpaired) electrons. The number of rotatable bonds is 2. The number of fused-ring (bicyclic) bond motifs is 1. The van der Waals surface area contributed by atoms with Crippen LogP contribution in [0.1, 0.15) is 5.82 Å². The molecule has 1 aliphatic rings. The van der Waals surface area contributed by atoms with Crippen LogP contribution in [0, 0.1) is 0 Å². The molecule has 0 bridgehead atoms. The SMILES string of the molecule is Oc1cn(-c2ccccc2)nc1-c1nnc2n1CCOCC2. The Kier molecular flexibility index (Phi) is 3.12. The molecule has 1 N–H and O–H groups in total. The third-order valence-corrected chi connectivity index (χ3v) is 3.68. The van der Waals surface area contributed by atoms with E-state index in [4.69, 9.17) is 4.74 Å². The van der Waals surface area contributed by atoms with E-state index in [-0.39, 0.29) is 5.75 Å². The first-order chi connectivity index (χ1) is 10.8. The molecule has 1 aromatic carbocycles. The lowest BCUT2D eigenvalue weighted by atomic mass is 10.3. The molecular formula is C15H15N5O2. The molecule has 0 aliphatic carbocycles. The molecule has 0 saturated carbocycles. The molecule has 0 spiro atoms. The number of nitrogens with zero attached hydrogens (tertiary/aromatic N) is 5. The van der Waals surface area contributed by atoms with Crippen LogP contribution in [-0.2, 0) is 17.7 Å². The van der Waals surface area contributed by atoms with E-state index in [1.165, 1.54) is 0 Å². The Morgan fingerprint density at radius 1 is 1.09 bits per heavy atom. The molecule has 22 heavy (non-hydrogen) atoms. The van der Waals surface area contributed by atoms with E-state index in [0.717, 1.165) is 11.5 Å². The Bertz CT molecular complexity index is 794. The molecule has 0 fully saturated rings. The molecule has 7 nitrogen and oxygen atoms in total. The van der Waals surface area contributed by atoms with Crippen LogP contribution in [-0.4, -0.2) is 42.9 Å². The van der Waals surface area contributed by atoms with Gasteiger partial charge in [-0.2, -0.15) is 5.10 Å². The van der Waals surface area contributed by atoms with Crippen LogP contribution in [0.4, 0.5) is 0 Å². The largest absolute Gasteiger partial charge is 0.504 e. The first-order valence-electron chi connectivity index (χ1n) is 7.17. The molecule has 0 saturated heterocycles. The quantitative estimate of drug-likeness (QED) is 0.774. The van der Waals surface area contributed by atoms with E-state index in [2.05, 4.69) is 15.3 Å². The number of ether oxygens (including phenoxy) is 1. The second-order valence-corrected chi connectivity index (χ2v) is 5.10. The summed E-state index contributed by atoms with van der Waals surface area (Å²) in [6.45, 7) is 1.91. The normalized spacial score (nSPS) is 14.5. The van der Waals surface area contributed by atoms with Crippen LogP contribution >= 0.6 is 0 Å². The lowest BCUT2D eigenvalue weighted by molar-refractivity contribution is 0.140. The maximum absolute atomic E-state index is 10.2. The number of aromatic hydroxyl groups is 1. The molecule has 112 valence electrons. The first kappa shape index (κ1) is 13.0. The van der Waals surface area contributed by atoms with Gasteiger partial charge in [-0.25, -0.2) is 4.68 Å². The van der Waals surface area contributed by atoms with Gasteiger partial charge in [0.25, 0.3) is 0 Å². The van der Waals surface area contributed by atoms with Crippen molar-refractivity contribution in [3.05, 3.63) is 42.4 Å². The van der Waals surface area contributed by atoms with E-state index < -0.39 is 0 Å². The summed E-state index contributed by atoms with van der Waals surface area (Å²) in [6, 6.07) is 9.64. The molecule has 0 atom stereocenters. The second kappa shape index (κ2) is 5.27. The maximum Gasteiger partial charge on any atom is 0.188 e. The van der Waals surface area contributed by atoms with Gasteiger partial charge in [0.15, 0.2) is 17.3 Å². The van der Waals surface area contributed by atoms with Crippen molar-refractivity contribution in [1.82, 2.24) is 24.5 Å². The number of aromatic nitrogens is 5. The standard InChI is InChI=1S/C15H15N5O2/c21-12-10-20(11-4-2-1-3-5-11)18-14(12)15-17-16-13-6-8-22-9-7-19(13)15/h1-5,10,21H,6-9H2. The zero-order valence-electron chi connectivity index (χ0n) is 11.9. The van der Waals surface area contributed by atoms with Crippen molar-refractivity contribution < 1.29 is 9.84 Å². The van der Waals surface area contributed by atoms with E-state index in [1.807, 2.05) is 34.9 Å². The van der Waals surface area contributed by atoms with Gasteiger partial charge >= 0.3 is 0 Å². The fourth-order valence-electron chi connectivity index (χ4n) is 2.59. The second-order valence-electron chi connectivity index (χ2n) is 5.10. The van der Waals surface area contributed by atoms with E-state index in [9.17, 15) is 5.11 Å². The minimum atomic E-state index is 0.0872. The van der Waals surface area contributed by atoms with Crippen molar-refractivity contribution in [1.29, 1.82) is 0 Å². The molecule has 3 aromatic rings. The molecule has 3 heterocycles. The zero-order chi connectivity index (χ0) is 14.9. The van der Waals surface area contributed by atoms with Crippen molar-refractivity contribution in [2.75, 3.05) is 13.2 Å². The fourth-order valence-corrected chi connectivity index (χ4v) is 2.59. The zero-order valence-corrected chi connectivity index (χ0v) is 11.9. The first-order valence-corrected chi connectivity index (χ1v) is 7.17. The molecule has 0 amide bonds. The van der Waals surface area contributed by atoms with Gasteiger partial charge in [0.1, 0.15) is 5.82 Å². The van der Waals surface area contributed by atoms with Gasteiger partial charge in [-0.15, -0.1) is 10.2 Å². The highest BCUT2D eigenvalue weighted by Crippen LogP contribution is 2.28. The van der Waals surface area contributed by atoms with Gasteiger partial charge in [-0.05, 0) is 12.1 Å². The van der Waals surface area contributed by atoms with Crippen LogP contribution < -0.4 is 0 Å². The minimum Gasteiger partial charge on any atom is -0.504 e. The van der Waals surface area contributed by atoms with Crippen molar-refractivity contribution in [3.8, 4) is 23.0 Å². The average Bonchev–Trinajstić information content (AvgIpc) is 3.04. The smallest absolute Gasteiger partial charge is 0.188 e. The molecular weight excluding hydrogens is 282 g/mol. The topological polar surface area (TPSA) is 78.0 Å². The van der Waals surface area contributed by atoms with E-state index in [1.54, 1.807) is 10.9 Å². The van der Waals surface area contributed by atoms with Gasteiger partial charge in [0, 0.05) is 13.0 Å². The summed E-state index contributed by atoms with van der Waals surface area (Å²) in [5, 5.41) is 23.1. The average molecular weight is 297 g/mol. The Labute approximate surface area is 126 Å². The summed E-state index contributed by atoms with van der Waals surface area (Å²) in [6.07, 6.45) is 2.30. The molecule has 2 aromatic heterocycles. The van der Waals surface area contributed by atoms with Gasteiger partial charge in [0.05, 0.1) is 25.1 Å². The van der Waals surface area contributed by atoms with Gasteiger partial charge in [-0.3, -0.25) is 0 Å². The third-order valence-electron chi connectivity index (χ3n) is 3.68. The lowest BCUT2D eigenvalue weighted by Gasteiger charge is -2.04. The van der Waals surface area contributed by atoms with Crippen molar-refractivity contribution in [3.63, 3.8) is 0 Å². The monoisotopic (exact) mass is 297 g/mol.